The van der Waals surface area contributed by atoms with Crippen LogP contribution in [0.2, 0.25) is 0 Å². The highest BCUT2D eigenvalue weighted by atomic mass is 16.6. The number of carbonyl (C=O) groups is 5. The van der Waals surface area contributed by atoms with Crippen LogP contribution in [0.15, 0.2) is 47.6 Å². The van der Waals surface area contributed by atoms with Crippen molar-refractivity contribution < 1.29 is 77.6 Å². The van der Waals surface area contributed by atoms with Crippen LogP contribution >= 0.6 is 0 Å². The predicted molar refractivity (Wildman–Crippen MR) is 273 cm³/mol. The molecular weight excluding hydrogens is 943 g/mol. The summed E-state index contributed by atoms with van der Waals surface area (Å²) in [7, 11) is 2.93. The number of cyclic esters (lactones) is 1. The fourth-order valence-corrected chi connectivity index (χ4v) is 10.7. The van der Waals surface area contributed by atoms with Crippen molar-refractivity contribution >= 4 is 29.2 Å². The maximum absolute atomic E-state index is 14.5. The molecule has 1 aliphatic carbocycles. The van der Waals surface area contributed by atoms with Crippen molar-refractivity contribution in [3.8, 4) is 0 Å². The molecule has 0 unspecified atom stereocenters. The Morgan fingerprint density at radius 2 is 1.53 bits per heavy atom. The second kappa shape index (κ2) is 30.9. The van der Waals surface area contributed by atoms with Crippen molar-refractivity contribution in [2.45, 2.75) is 180 Å². The fourth-order valence-electron chi connectivity index (χ4n) is 10.7. The minimum atomic E-state index is -2.49. The number of piperidine rings is 1. The number of rotatable bonds is 14. The minimum absolute atomic E-state index is 0.0192. The van der Waals surface area contributed by atoms with Gasteiger partial charge in [-0.3, -0.25) is 19.2 Å². The maximum Gasteiger partial charge on any atom is 0.329 e. The molecule has 3 fully saturated rings. The van der Waals surface area contributed by atoms with Gasteiger partial charge in [0.15, 0.2) is 5.78 Å². The first-order valence-electron chi connectivity index (χ1n) is 26.8. The third-order valence-corrected chi connectivity index (χ3v) is 15.3. The number of hydrogen-bond donors (Lipinski definition) is 4. The van der Waals surface area contributed by atoms with Gasteiger partial charge in [0.2, 0.25) is 5.79 Å². The second-order valence-electron chi connectivity index (χ2n) is 21.2. The van der Waals surface area contributed by atoms with Crippen LogP contribution in [-0.2, 0) is 57.1 Å². The Bertz CT molecular complexity index is 1900. The molecule has 0 radical (unpaired) electrons. The zero-order valence-corrected chi connectivity index (χ0v) is 45.1. The Labute approximate surface area is 434 Å². The molecule has 0 aromatic heterocycles. The molecule has 0 spiro atoms. The zero-order chi connectivity index (χ0) is 53.8. The van der Waals surface area contributed by atoms with Gasteiger partial charge in [-0.25, -0.2) is 4.79 Å². The van der Waals surface area contributed by atoms with Gasteiger partial charge in [-0.2, -0.15) is 0 Å². The van der Waals surface area contributed by atoms with Crippen LogP contribution < -0.4 is 0 Å². The van der Waals surface area contributed by atoms with E-state index in [0.29, 0.717) is 76.6 Å². The fraction of sp³-hybridized carbons (Fsp3) is 0.768. The van der Waals surface area contributed by atoms with Gasteiger partial charge in [-0.1, -0.05) is 71.1 Å². The molecule has 4 aliphatic rings. The Hall–Kier alpha value is -3.49. The number of methoxy groups -OCH3 is 2. The number of hydrogen-bond acceptors (Lipinski definition) is 16. The Balaban J connectivity index is 1.69. The lowest BCUT2D eigenvalue weighted by Crippen LogP contribution is -2.61. The van der Waals surface area contributed by atoms with Gasteiger partial charge in [0.05, 0.1) is 64.1 Å². The molecule has 3 aliphatic heterocycles. The molecule has 0 aromatic carbocycles. The van der Waals surface area contributed by atoms with Gasteiger partial charge in [-0.15, -0.1) is 0 Å². The third kappa shape index (κ3) is 18.4. The normalized spacial score (nSPS) is 37.3. The standard InChI is InChI=1S/C56H89NO16/c1-35-15-11-10-12-16-36(2)47(71-28-27-70-26-25-69-24-23-58)33-43-20-18-41(7)56(66,73-43)53(63)54(64)57-22-14-13-17-44(57)55(65)72-48(38(4)31-42-19-21-45(59)49(32-42)67-8)34-46(60)37(3)30-40(6)51(62)52(68-9)50(61)39(5)29-35/h10-12,15-16,30,35,37-39,41-45,47-49,51-52,58-59,62,66H,13-14,17-29,31-34H2,1-9H3/b12-10+,15-11+,36-16+,40-30+/t35-,37-,38-,39-,41-,42+,43+,44+,45-,47-,48+,49-,51-,52+,56-/m1/s1. The smallest absolute Gasteiger partial charge is 0.329 e. The first kappa shape index (κ1) is 62.1. The molecule has 2 bridgehead atoms. The molecular formula is C56H89NO16. The zero-order valence-electron chi connectivity index (χ0n) is 45.1. The van der Waals surface area contributed by atoms with E-state index in [0.717, 1.165) is 5.57 Å². The van der Waals surface area contributed by atoms with Crippen molar-refractivity contribution in [2.24, 2.45) is 35.5 Å². The topological polar surface area (TPSA) is 234 Å². The molecule has 1 saturated carbocycles. The van der Waals surface area contributed by atoms with Gasteiger partial charge in [-0.05, 0) is 107 Å². The van der Waals surface area contributed by atoms with E-state index in [-0.39, 0.29) is 87.7 Å². The number of allylic oxidation sites excluding steroid dienone is 6. The quantitative estimate of drug-likeness (QED) is 0.0720. The van der Waals surface area contributed by atoms with Crippen LogP contribution in [0.4, 0.5) is 0 Å². The number of carbonyl (C=O) groups excluding carboxylic acids is 5. The van der Waals surface area contributed by atoms with Gasteiger partial charge < -0.3 is 58.5 Å². The Morgan fingerprint density at radius 3 is 2.23 bits per heavy atom. The Morgan fingerprint density at radius 1 is 0.822 bits per heavy atom. The lowest BCUT2D eigenvalue weighted by atomic mass is 9.78. The first-order chi connectivity index (χ1) is 34.7. The molecule has 17 heteroatoms. The van der Waals surface area contributed by atoms with E-state index in [2.05, 4.69) is 0 Å². The lowest BCUT2D eigenvalue weighted by molar-refractivity contribution is -0.266. The number of esters is 1. The van der Waals surface area contributed by atoms with Crippen molar-refractivity contribution in [1.29, 1.82) is 0 Å². The highest BCUT2D eigenvalue weighted by Gasteiger charge is 2.53. The summed E-state index contributed by atoms with van der Waals surface area (Å²) in [6.07, 6.45) is 10.4. The number of amides is 1. The summed E-state index contributed by atoms with van der Waals surface area (Å²) in [5, 5.41) is 43.1. The largest absolute Gasteiger partial charge is 0.460 e. The van der Waals surface area contributed by atoms with E-state index in [1.165, 1.54) is 12.0 Å². The number of aliphatic hydroxyl groups is 4. The molecule has 0 aromatic rings. The van der Waals surface area contributed by atoms with Crippen LogP contribution in [-0.4, -0.2) is 170 Å². The highest BCUT2D eigenvalue weighted by Crippen LogP contribution is 2.38. The van der Waals surface area contributed by atoms with E-state index in [1.807, 2.05) is 51.2 Å². The number of fused-ring (bicyclic) bond motifs is 3. The summed E-state index contributed by atoms with van der Waals surface area (Å²) >= 11 is 0. The van der Waals surface area contributed by atoms with E-state index in [4.69, 9.17) is 38.3 Å². The van der Waals surface area contributed by atoms with Crippen molar-refractivity contribution in [3.05, 3.63) is 47.6 Å². The number of ether oxygens (including phenoxy) is 7. The van der Waals surface area contributed by atoms with Crippen LogP contribution in [0.3, 0.4) is 0 Å². The van der Waals surface area contributed by atoms with E-state index < -0.39 is 83.9 Å². The summed E-state index contributed by atoms with van der Waals surface area (Å²) in [4.78, 5) is 72.5. The van der Waals surface area contributed by atoms with Crippen LogP contribution in [0.1, 0.15) is 126 Å². The monoisotopic (exact) mass is 1030 g/mol. The molecule has 17 nitrogen and oxygen atoms in total. The number of Topliss-reactive ketones (excluding diaryl/α,β-unsaturated/α-hetero) is 3. The van der Waals surface area contributed by atoms with E-state index >= 15 is 0 Å². The molecule has 414 valence electrons. The summed E-state index contributed by atoms with van der Waals surface area (Å²) in [6.45, 7) is 13.8. The molecule has 3 heterocycles. The SMILES string of the molecule is CO[C@@H]1C[C@H](C[C@@H](C)[C@@H]2CC(=O)[C@H](C)/C=C(\C)[C@@H](O)[C@@H](OC)C(=O)[C@H](C)C[C@H](C)/C=C/C=C/C=C(\C)[C@H](OCCOCCOCCO)C[C@@H]3CC[C@@H](C)[C@@](O)(O3)C(=O)C(=O)N3CCCC[C@H]3C(=O)O2)CC[C@H]1O. The molecule has 2 saturated heterocycles. The summed E-state index contributed by atoms with van der Waals surface area (Å²) < 4.78 is 41.0. The molecule has 15 atom stereocenters. The molecule has 1 amide bonds. The summed E-state index contributed by atoms with van der Waals surface area (Å²) in [6, 6.07) is -1.17. The summed E-state index contributed by atoms with van der Waals surface area (Å²) in [5.74, 6) is -8.31. The number of nitrogens with zero attached hydrogens (tertiary/aromatic N) is 1. The Kier molecular flexibility index (Phi) is 26.3. The second-order valence-corrected chi connectivity index (χ2v) is 21.2. The summed E-state index contributed by atoms with van der Waals surface area (Å²) in [5.41, 5.74) is 1.20. The predicted octanol–water partition coefficient (Wildman–Crippen LogP) is 5.58. The molecule has 4 N–H and O–H groups in total. The van der Waals surface area contributed by atoms with Gasteiger partial charge in [0.1, 0.15) is 30.1 Å². The maximum atomic E-state index is 14.5. The third-order valence-electron chi connectivity index (χ3n) is 15.3. The first-order valence-corrected chi connectivity index (χ1v) is 26.8. The van der Waals surface area contributed by atoms with Crippen LogP contribution in [0.25, 0.3) is 0 Å². The number of ketones is 3. The van der Waals surface area contributed by atoms with E-state index in [1.54, 1.807) is 40.9 Å². The lowest BCUT2D eigenvalue weighted by Gasteiger charge is -2.43. The average molecular weight is 1030 g/mol. The van der Waals surface area contributed by atoms with Crippen molar-refractivity contribution in [2.75, 3.05) is 60.4 Å². The highest BCUT2D eigenvalue weighted by molar-refractivity contribution is 6.39. The number of aliphatic hydroxyl groups excluding tert-OH is 3. The minimum Gasteiger partial charge on any atom is -0.460 e. The average Bonchev–Trinajstić information content (AvgIpc) is 3.37. The van der Waals surface area contributed by atoms with Gasteiger partial charge in [0.25, 0.3) is 11.7 Å². The molecule has 73 heavy (non-hydrogen) atoms. The van der Waals surface area contributed by atoms with Crippen LogP contribution in [0.5, 0.6) is 0 Å². The molecule has 4 rings (SSSR count). The van der Waals surface area contributed by atoms with E-state index in [9.17, 15) is 39.3 Å². The van der Waals surface area contributed by atoms with Crippen molar-refractivity contribution in [1.82, 2.24) is 4.90 Å². The van der Waals surface area contributed by atoms with Gasteiger partial charge in [0, 0.05) is 51.4 Å². The van der Waals surface area contributed by atoms with Crippen molar-refractivity contribution in [3.63, 3.8) is 0 Å². The van der Waals surface area contributed by atoms with Gasteiger partial charge >= 0.3 is 5.97 Å². The van der Waals surface area contributed by atoms with Crippen LogP contribution in [0, 0.1) is 35.5 Å².